The Morgan fingerprint density at radius 3 is 2.71 bits per heavy atom. The summed E-state index contributed by atoms with van der Waals surface area (Å²) in [7, 11) is 0. The van der Waals surface area contributed by atoms with Gasteiger partial charge in [0.1, 0.15) is 5.67 Å². The largest absolute Gasteiger partial charge is 0.462 e. The number of nitrogens with zero attached hydrogens (tertiary/aromatic N) is 2. The first-order chi connectivity index (χ1) is 16.1. The molecule has 1 aromatic rings. The van der Waals surface area contributed by atoms with Gasteiger partial charge in [-0.3, -0.25) is 9.48 Å². The number of hydrogen-bond donors (Lipinski definition) is 1. The van der Waals surface area contributed by atoms with E-state index >= 15 is 4.39 Å². The second-order valence-electron chi connectivity index (χ2n) is 12.1. The number of hydrogen-bond acceptors (Lipinski definition) is 5. The average molecular weight is 475 g/mol. The summed E-state index contributed by atoms with van der Waals surface area (Å²) in [6.07, 6.45) is 10.1. The molecular formula is C27H39FN2O4. The highest BCUT2D eigenvalue weighted by molar-refractivity contribution is 5.89. The van der Waals surface area contributed by atoms with Crippen molar-refractivity contribution in [2.75, 3.05) is 6.61 Å². The van der Waals surface area contributed by atoms with Crippen molar-refractivity contribution in [2.24, 2.45) is 35.0 Å². The second-order valence-corrected chi connectivity index (χ2v) is 12.1. The lowest BCUT2D eigenvalue weighted by atomic mass is 9.48. The van der Waals surface area contributed by atoms with Crippen LogP contribution in [-0.4, -0.2) is 44.5 Å². The fourth-order valence-electron chi connectivity index (χ4n) is 8.55. The summed E-state index contributed by atoms with van der Waals surface area (Å²) in [4.78, 5) is 25.4. The van der Waals surface area contributed by atoms with Crippen molar-refractivity contribution in [3.8, 4) is 0 Å². The summed E-state index contributed by atoms with van der Waals surface area (Å²) in [6, 6.07) is 0. The third-order valence-corrected chi connectivity index (χ3v) is 10.2. The van der Waals surface area contributed by atoms with Gasteiger partial charge in [0.25, 0.3) is 0 Å². The van der Waals surface area contributed by atoms with Crippen LogP contribution in [0.25, 0.3) is 0 Å². The molecule has 6 nitrogen and oxygen atoms in total. The van der Waals surface area contributed by atoms with Crippen molar-refractivity contribution in [1.29, 1.82) is 0 Å². The van der Waals surface area contributed by atoms with E-state index in [0.29, 0.717) is 43.3 Å². The van der Waals surface area contributed by atoms with E-state index in [9.17, 15) is 14.7 Å². The molecule has 0 aliphatic heterocycles. The zero-order chi connectivity index (χ0) is 24.3. The van der Waals surface area contributed by atoms with Crippen molar-refractivity contribution >= 4 is 11.8 Å². The van der Waals surface area contributed by atoms with Gasteiger partial charge in [0.2, 0.25) is 0 Å². The fourth-order valence-corrected chi connectivity index (χ4v) is 8.55. The first-order valence-corrected chi connectivity index (χ1v) is 13.2. The van der Waals surface area contributed by atoms with Crippen LogP contribution in [-0.2, 0) is 16.1 Å². The number of alkyl halides is 1. The molecule has 4 saturated carbocycles. The van der Waals surface area contributed by atoms with E-state index in [-0.39, 0.29) is 35.5 Å². The normalized spacial score (nSPS) is 43.5. The third-order valence-electron chi connectivity index (χ3n) is 10.2. The standard InChI is InChI=1S/C27H39FN2O4/c1-4-34-24(32)17-14-29-30(15-17)16-23(31)22-8-7-20-19-6-5-18-13-25(2,33)11-12-27(18,28)21(19)9-10-26(20,22)3/h14-15,18-22,33H,4-13,16H2,1-3H3/t18-,19+,20+,21+,22-,25-,26+,27-/m1/s1. The van der Waals surface area contributed by atoms with E-state index in [1.807, 2.05) is 6.92 Å². The molecule has 34 heavy (non-hydrogen) atoms. The van der Waals surface area contributed by atoms with Crippen LogP contribution in [0.1, 0.15) is 88.9 Å². The van der Waals surface area contributed by atoms with Gasteiger partial charge in [-0.1, -0.05) is 6.92 Å². The summed E-state index contributed by atoms with van der Waals surface area (Å²) in [6.45, 7) is 6.34. The molecule has 1 N–H and O–H groups in total. The molecule has 0 amide bonds. The van der Waals surface area contributed by atoms with Crippen molar-refractivity contribution in [2.45, 2.75) is 96.4 Å². The number of aromatic nitrogens is 2. The SMILES string of the molecule is CCOC(=O)c1cnn(CC(=O)[C@H]2CC[C@H]3[C@@H]4CC[C@@H]5C[C@](C)(O)CC[C@]5(F)[C@H]4CC[C@]23C)c1. The van der Waals surface area contributed by atoms with Crippen molar-refractivity contribution < 1.29 is 23.8 Å². The third kappa shape index (κ3) is 3.82. The number of ketones is 1. The summed E-state index contributed by atoms with van der Waals surface area (Å²) in [5.41, 5.74) is -1.63. The fraction of sp³-hybridized carbons (Fsp3) is 0.815. The first-order valence-electron chi connectivity index (χ1n) is 13.2. The molecule has 4 fully saturated rings. The first kappa shape index (κ1) is 24.0. The van der Waals surface area contributed by atoms with Gasteiger partial charge < -0.3 is 9.84 Å². The van der Waals surface area contributed by atoms with E-state index in [1.54, 1.807) is 17.8 Å². The number of halogens is 1. The molecule has 4 aliphatic carbocycles. The Balaban J connectivity index is 1.29. The lowest BCUT2D eigenvalue weighted by Crippen LogP contribution is -2.58. The highest BCUT2D eigenvalue weighted by Crippen LogP contribution is 2.66. The highest BCUT2D eigenvalue weighted by Gasteiger charge is 2.63. The summed E-state index contributed by atoms with van der Waals surface area (Å²) in [5, 5.41) is 14.8. The minimum Gasteiger partial charge on any atom is -0.462 e. The molecule has 0 aromatic carbocycles. The van der Waals surface area contributed by atoms with Gasteiger partial charge >= 0.3 is 5.97 Å². The van der Waals surface area contributed by atoms with Crippen LogP contribution in [0, 0.1) is 35.0 Å². The number of carbonyl (C=O) groups is 2. The predicted octanol–water partition coefficient (Wildman–Crippen LogP) is 4.74. The topological polar surface area (TPSA) is 81.4 Å². The molecule has 7 heteroatoms. The van der Waals surface area contributed by atoms with Gasteiger partial charge in [-0.25, -0.2) is 9.18 Å². The number of ether oxygens (including phenoxy) is 1. The van der Waals surface area contributed by atoms with Crippen molar-refractivity contribution in [3.63, 3.8) is 0 Å². The molecule has 188 valence electrons. The van der Waals surface area contributed by atoms with E-state index in [0.717, 1.165) is 38.5 Å². The average Bonchev–Trinajstić information content (AvgIpc) is 3.38. The summed E-state index contributed by atoms with van der Waals surface area (Å²) >= 11 is 0. The Kier molecular flexibility index (Phi) is 5.93. The van der Waals surface area contributed by atoms with Gasteiger partial charge in [-0.05, 0) is 101 Å². The lowest BCUT2D eigenvalue weighted by molar-refractivity contribution is -0.166. The molecular weight excluding hydrogens is 435 g/mol. The number of aliphatic hydroxyl groups is 1. The monoisotopic (exact) mass is 474 g/mol. The molecule has 0 bridgehead atoms. The maximum Gasteiger partial charge on any atom is 0.341 e. The van der Waals surface area contributed by atoms with Gasteiger partial charge in [0.05, 0.1) is 30.5 Å². The number of esters is 1. The molecule has 0 radical (unpaired) electrons. The molecule has 0 unspecified atom stereocenters. The number of carbonyl (C=O) groups excluding carboxylic acids is 2. The summed E-state index contributed by atoms with van der Waals surface area (Å²) in [5.74, 6) is 0.437. The lowest BCUT2D eigenvalue weighted by Gasteiger charge is -2.59. The van der Waals surface area contributed by atoms with Crippen LogP contribution in [0.15, 0.2) is 12.4 Å². The number of fused-ring (bicyclic) bond motifs is 5. The van der Waals surface area contributed by atoms with Gasteiger partial charge in [-0.15, -0.1) is 0 Å². The molecule has 1 heterocycles. The minimum absolute atomic E-state index is 0.0332. The van der Waals surface area contributed by atoms with E-state index in [4.69, 9.17) is 4.74 Å². The molecule has 4 aliphatic rings. The quantitative estimate of drug-likeness (QED) is 0.624. The zero-order valence-corrected chi connectivity index (χ0v) is 20.8. The molecule has 0 saturated heterocycles. The minimum atomic E-state index is -1.16. The Morgan fingerprint density at radius 2 is 1.94 bits per heavy atom. The molecule has 5 rings (SSSR count). The number of rotatable bonds is 5. The Bertz CT molecular complexity index is 960. The van der Waals surface area contributed by atoms with Crippen LogP contribution in [0.2, 0.25) is 0 Å². The predicted molar refractivity (Wildman–Crippen MR) is 125 cm³/mol. The maximum atomic E-state index is 16.5. The van der Waals surface area contributed by atoms with Crippen LogP contribution < -0.4 is 0 Å². The van der Waals surface area contributed by atoms with Crippen LogP contribution in [0.5, 0.6) is 0 Å². The van der Waals surface area contributed by atoms with Crippen molar-refractivity contribution in [1.82, 2.24) is 9.78 Å². The zero-order valence-electron chi connectivity index (χ0n) is 20.8. The maximum absolute atomic E-state index is 16.5. The highest BCUT2D eigenvalue weighted by atomic mass is 19.1. The molecule has 1 aromatic heterocycles. The number of Topliss-reactive ketones (excluding diaryl/α,β-unsaturated/α-hetero) is 1. The van der Waals surface area contributed by atoms with Crippen LogP contribution in [0.3, 0.4) is 0 Å². The molecule has 8 atom stereocenters. The summed E-state index contributed by atoms with van der Waals surface area (Å²) < 4.78 is 23.1. The van der Waals surface area contributed by atoms with E-state index in [2.05, 4.69) is 12.0 Å². The van der Waals surface area contributed by atoms with Crippen LogP contribution in [0.4, 0.5) is 4.39 Å². The Morgan fingerprint density at radius 1 is 1.15 bits per heavy atom. The second kappa shape index (κ2) is 8.42. The van der Waals surface area contributed by atoms with Crippen LogP contribution >= 0.6 is 0 Å². The van der Waals surface area contributed by atoms with E-state index < -0.39 is 17.2 Å². The van der Waals surface area contributed by atoms with Gasteiger partial charge in [-0.2, -0.15) is 5.10 Å². The van der Waals surface area contributed by atoms with Gasteiger partial charge in [0, 0.05) is 12.1 Å². The van der Waals surface area contributed by atoms with E-state index in [1.165, 1.54) is 6.20 Å². The Hall–Kier alpha value is -1.76. The molecule has 0 spiro atoms. The van der Waals surface area contributed by atoms with Crippen molar-refractivity contribution in [3.05, 3.63) is 18.0 Å². The smallest absolute Gasteiger partial charge is 0.341 e. The van der Waals surface area contributed by atoms with Gasteiger partial charge in [0.15, 0.2) is 5.78 Å². The Labute approximate surface area is 201 Å².